The van der Waals surface area contributed by atoms with Crippen molar-refractivity contribution >= 4 is 11.6 Å². The van der Waals surface area contributed by atoms with E-state index >= 15 is 0 Å². The molecular weight excluding hydrogens is 268 g/mol. The van der Waals surface area contributed by atoms with Crippen LogP contribution < -0.4 is 11.3 Å². The Kier molecular flexibility index (Phi) is 5.60. The number of halogens is 1. The predicted molar refractivity (Wildman–Crippen MR) is 85.7 cm³/mol. The van der Waals surface area contributed by atoms with E-state index in [4.69, 9.17) is 17.4 Å². The molecule has 2 unspecified atom stereocenters. The number of nitrogens with one attached hydrogen (secondary N) is 1. The summed E-state index contributed by atoms with van der Waals surface area (Å²) in [5, 5.41) is 0.769. The predicted octanol–water partition coefficient (Wildman–Crippen LogP) is 3.91. The van der Waals surface area contributed by atoms with E-state index in [0.29, 0.717) is 5.92 Å². The van der Waals surface area contributed by atoms with Gasteiger partial charge in [-0.05, 0) is 36.1 Å². The van der Waals surface area contributed by atoms with Gasteiger partial charge in [0.15, 0.2) is 0 Å². The standard InChI is InChI=1S/C17H21ClN2/c1-2-16(14-8-4-3-5-9-14)17(20-19)12-13-7-6-10-15(18)11-13/h3-11,16-17,20H,2,12,19H2,1H3. The molecule has 0 heterocycles. The number of hydrazine groups is 1. The van der Waals surface area contributed by atoms with Gasteiger partial charge in [-0.2, -0.15) is 0 Å². The number of hydrogen-bond donors (Lipinski definition) is 2. The van der Waals surface area contributed by atoms with Crippen LogP contribution in [0.5, 0.6) is 0 Å². The summed E-state index contributed by atoms with van der Waals surface area (Å²) >= 11 is 6.05. The van der Waals surface area contributed by atoms with Crippen molar-refractivity contribution in [3.05, 3.63) is 70.7 Å². The summed E-state index contributed by atoms with van der Waals surface area (Å²) in [6.07, 6.45) is 1.91. The minimum Gasteiger partial charge on any atom is -0.271 e. The first-order chi connectivity index (χ1) is 9.74. The number of benzene rings is 2. The van der Waals surface area contributed by atoms with Crippen LogP contribution in [0.25, 0.3) is 0 Å². The quantitative estimate of drug-likeness (QED) is 0.625. The molecule has 0 aromatic heterocycles. The third-order valence-corrected chi connectivity index (χ3v) is 3.95. The molecule has 2 rings (SSSR count). The van der Waals surface area contributed by atoms with Gasteiger partial charge in [0.1, 0.15) is 0 Å². The molecule has 0 aliphatic rings. The first-order valence-electron chi connectivity index (χ1n) is 7.00. The molecule has 0 radical (unpaired) electrons. The highest BCUT2D eigenvalue weighted by Gasteiger charge is 2.20. The Morgan fingerprint density at radius 3 is 2.45 bits per heavy atom. The summed E-state index contributed by atoms with van der Waals surface area (Å²) in [6.45, 7) is 2.19. The molecule has 106 valence electrons. The molecule has 20 heavy (non-hydrogen) atoms. The highest BCUT2D eigenvalue weighted by molar-refractivity contribution is 6.30. The second-order valence-electron chi connectivity index (χ2n) is 5.03. The van der Waals surface area contributed by atoms with Crippen molar-refractivity contribution in [2.24, 2.45) is 5.84 Å². The van der Waals surface area contributed by atoms with Crippen molar-refractivity contribution in [1.82, 2.24) is 5.43 Å². The number of nitrogens with two attached hydrogens (primary N) is 1. The zero-order valence-corrected chi connectivity index (χ0v) is 12.5. The van der Waals surface area contributed by atoms with Crippen LogP contribution in [-0.2, 0) is 6.42 Å². The van der Waals surface area contributed by atoms with Gasteiger partial charge in [0.2, 0.25) is 0 Å². The zero-order valence-electron chi connectivity index (χ0n) is 11.7. The molecule has 0 bridgehead atoms. The summed E-state index contributed by atoms with van der Waals surface area (Å²) < 4.78 is 0. The van der Waals surface area contributed by atoms with Gasteiger partial charge < -0.3 is 0 Å². The van der Waals surface area contributed by atoms with Crippen LogP contribution >= 0.6 is 11.6 Å². The molecule has 2 aromatic rings. The largest absolute Gasteiger partial charge is 0.271 e. The maximum absolute atomic E-state index is 6.05. The molecular formula is C17H21ClN2. The minimum absolute atomic E-state index is 0.195. The van der Waals surface area contributed by atoms with Gasteiger partial charge in [0.25, 0.3) is 0 Å². The molecule has 3 heteroatoms. The van der Waals surface area contributed by atoms with Gasteiger partial charge in [0.05, 0.1) is 0 Å². The first kappa shape index (κ1) is 15.0. The normalized spacial score (nSPS) is 13.9. The van der Waals surface area contributed by atoms with Gasteiger partial charge in [0, 0.05) is 17.0 Å². The van der Waals surface area contributed by atoms with Gasteiger partial charge in [-0.1, -0.05) is 61.0 Å². The third-order valence-electron chi connectivity index (χ3n) is 3.71. The van der Waals surface area contributed by atoms with Crippen LogP contribution in [0.2, 0.25) is 5.02 Å². The summed E-state index contributed by atoms with van der Waals surface area (Å²) in [7, 11) is 0. The van der Waals surface area contributed by atoms with Crippen molar-refractivity contribution in [3.8, 4) is 0 Å². The second kappa shape index (κ2) is 7.44. The van der Waals surface area contributed by atoms with E-state index in [0.717, 1.165) is 17.9 Å². The van der Waals surface area contributed by atoms with Crippen LogP contribution in [0, 0.1) is 0 Å². The lowest BCUT2D eigenvalue weighted by atomic mass is 9.86. The van der Waals surface area contributed by atoms with Crippen LogP contribution in [0.4, 0.5) is 0 Å². The van der Waals surface area contributed by atoms with Crippen LogP contribution in [0.3, 0.4) is 0 Å². The lowest BCUT2D eigenvalue weighted by molar-refractivity contribution is 0.427. The maximum Gasteiger partial charge on any atom is 0.0408 e. The summed E-state index contributed by atoms with van der Waals surface area (Å²) in [5.41, 5.74) is 5.50. The van der Waals surface area contributed by atoms with Gasteiger partial charge in [-0.25, -0.2) is 0 Å². The molecule has 2 aromatic carbocycles. The lowest BCUT2D eigenvalue weighted by Gasteiger charge is -2.26. The average molecular weight is 289 g/mol. The van der Waals surface area contributed by atoms with E-state index in [2.05, 4.69) is 42.7 Å². The summed E-state index contributed by atoms with van der Waals surface area (Å²) in [5.74, 6) is 6.18. The fourth-order valence-electron chi connectivity index (χ4n) is 2.69. The fraction of sp³-hybridized carbons (Fsp3) is 0.294. The molecule has 2 atom stereocenters. The molecule has 0 aliphatic carbocycles. The Morgan fingerprint density at radius 2 is 1.85 bits per heavy atom. The number of hydrogen-bond acceptors (Lipinski definition) is 2. The third kappa shape index (κ3) is 3.83. The SMILES string of the molecule is CCC(c1ccccc1)C(Cc1cccc(Cl)c1)NN. The Labute approximate surface area is 125 Å². The Hall–Kier alpha value is -1.35. The maximum atomic E-state index is 6.05. The smallest absolute Gasteiger partial charge is 0.0408 e. The summed E-state index contributed by atoms with van der Waals surface area (Å²) in [6, 6.07) is 18.7. The van der Waals surface area contributed by atoms with Crippen LogP contribution in [0.15, 0.2) is 54.6 Å². The van der Waals surface area contributed by atoms with Gasteiger partial charge >= 0.3 is 0 Å². The zero-order chi connectivity index (χ0) is 14.4. The van der Waals surface area contributed by atoms with E-state index in [1.165, 1.54) is 11.1 Å². The Balaban J connectivity index is 2.18. The van der Waals surface area contributed by atoms with E-state index in [1.54, 1.807) is 0 Å². The van der Waals surface area contributed by atoms with E-state index < -0.39 is 0 Å². The van der Waals surface area contributed by atoms with E-state index in [-0.39, 0.29) is 6.04 Å². The monoisotopic (exact) mass is 288 g/mol. The van der Waals surface area contributed by atoms with Crippen molar-refractivity contribution < 1.29 is 0 Å². The van der Waals surface area contributed by atoms with E-state index in [1.807, 2.05) is 24.3 Å². The molecule has 0 aliphatic heterocycles. The summed E-state index contributed by atoms with van der Waals surface area (Å²) in [4.78, 5) is 0. The van der Waals surface area contributed by atoms with Gasteiger partial charge in [-0.3, -0.25) is 11.3 Å². The molecule has 3 N–H and O–H groups in total. The first-order valence-corrected chi connectivity index (χ1v) is 7.38. The van der Waals surface area contributed by atoms with Gasteiger partial charge in [-0.15, -0.1) is 0 Å². The van der Waals surface area contributed by atoms with Crippen LogP contribution in [0.1, 0.15) is 30.4 Å². The van der Waals surface area contributed by atoms with Crippen molar-refractivity contribution in [1.29, 1.82) is 0 Å². The molecule has 0 fully saturated rings. The fourth-order valence-corrected chi connectivity index (χ4v) is 2.90. The topological polar surface area (TPSA) is 38.0 Å². The highest BCUT2D eigenvalue weighted by Crippen LogP contribution is 2.25. The minimum atomic E-state index is 0.195. The van der Waals surface area contributed by atoms with Crippen molar-refractivity contribution in [3.63, 3.8) is 0 Å². The average Bonchev–Trinajstić information content (AvgIpc) is 2.48. The van der Waals surface area contributed by atoms with E-state index in [9.17, 15) is 0 Å². The Morgan fingerprint density at radius 1 is 1.10 bits per heavy atom. The molecule has 0 saturated carbocycles. The van der Waals surface area contributed by atoms with Crippen LogP contribution in [-0.4, -0.2) is 6.04 Å². The molecule has 2 nitrogen and oxygen atoms in total. The molecule has 0 spiro atoms. The molecule has 0 amide bonds. The molecule has 0 saturated heterocycles. The lowest BCUT2D eigenvalue weighted by Crippen LogP contribution is -2.41. The highest BCUT2D eigenvalue weighted by atomic mass is 35.5. The Bertz CT molecular complexity index is 528. The van der Waals surface area contributed by atoms with Crippen molar-refractivity contribution in [2.45, 2.75) is 31.7 Å². The number of rotatable bonds is 6. The van der Waals surface area contributed by atoms with Crippen molar-refractivity contribution in [2.75, 3.05) is 0 Å². The second-order valence-corrected chi connectivity index (χ2v) is 5.47.